The Balaban J connectivity index is 2.02. The van der Waals surface area contributed by atoms with Crippen LogP contribution in [-0.2, 0) is 13.2 Å². The van der Waals surface area contributed by atoms with Crippen molar-refractivity contribution in [3.63, 3.8) is 0 Å². The Morgan fingerprint density at radius 3 is 2.50 bits per heavy atom. The van der Waals surface area contributed by atoms with Gasteiger partial charge in [-0.3, -0.25) is 0 Å². The van der Waals surface area contributed by atoms with Crippen LogP contribution in [0.3, 0.4) is 0 Å². The lowest BCUT2D eigenvalue weighted by Crippen LogP contribution is -2.82. The first-order valence-corrected chi connectivity index (χ1v) is 6.68. The molecule has 0 saturated carbocycles. The summed E-state index contributed by atoms with van der Waals surface area (Å²) in [6, 6.07) is 14.5. The number of hydrogen-bond donors (Lipinski definition) is 1. The fraction of sp³-hybridized carbons (Fsp3) is 0.176. The summed E-state index contributed by atoms with van der Waals surface area (Å²) in [6.07, 6.45) is 1.86. The Morgan fingerprint density at radius 1 is 1.05 bits per heavy atom. The maximum Gasteiger partial charge on any atom is 0.129 e. The van der Waals surface area contributed by atoms with E-state index in [1.807, 2.05) is 36.4 Å². The van der Waals surface area contributed by atoms with E-state index < -0.39 is 0 Å². The summed E-state index contributed by atoms with van der Waals surface area (Å²) in [5.41, 5.74) is 1.67. The maximum atomic E-state index is 13.5. The van der Waals surface area contributed by atoms with Gasteiger partial charge in [0, 0.05) is 11.1 Å². The molecular weight excluding hydrogens is 253 g/mol. The zero-order valence-corrected chi connectivity index (χ0v) is 11.4. The summed E-state index contributed by atoms with van der Waals surface area (Å²) in [6.45, 7) is 5.62. The molecule has 0 heterocycles. The lowest BCUT2D eigenvalue weighted by Gasteiger charge is -2.11. The van der Waals surface area contributed by atoms with Crippen LogP contribution in [-0.4, -0.2) is 6.54 Å². The van der Waals surface area contributed by atoms with Gasteiger partial charge in [0.15, 0.2) is 0 Å². The Morgan fingerprint density at radius 2 is 1.75 bits per heavy atom. The number of quaternary nitrogens is 1. The highest BCUT2D eigenvalue weighted by Crippen LogP contribution is 2.19. The number of nitrogens with two attached hydrogens (primary N) is 1. The topological polar surface area (TPSA) is 25.8 Å². The third-order valence-corrected chi connectivity index (χ3v) is 3.01. The molecule has 0 aromatic heterocycles. The molecule has 3 heteroatoms. The van der Waals surface area contributed by atoms with Gasteiger partial charge in [-0.2, -0.15) is 0 Å². The molecule has 0 amide bonds. The summed E-state index contributed by atoms with van der Waals surface area (Å²) < 4.78 is 19.3. The molecule has 2 aromatic rings. The van der Waals surface area contributed by atoms with Crippen LogP contribution >= 0.6 is 0 Å². The second-order valence-corrected chi connectivity index (χ2v) is 4.50. The van der Waals surface area contributed by atoms with Crippen LogP contribution in [0.4, 0.5) is 4.39 Å². The monoisotopic (exact) mass is 272 g/mol. The first-order valence-electron chi connectivity index (χ1n) is 6.68. The summed E-state index contributed by atoms with van der Waals surface area (Å²) in [5, 5.41) is 2.14. The minimum absolute atomic E-state index is 0.233. The van der Waals surface area contributed by atoms with E-state index in [-0.39, 0.29) is 12.4 Å². The normalized spacial score (nSPS) is 10.2. The Hall–Kier alpha value is -2.13. The first kappa shape index (κ1) is 14.3. The molecule has 0 atom stereocenters. The second kappa shape index (κ2) is 7.46. The van der Waals surface area contributed by atoms with E-state index >= 15 is 0 Å². The predicted octanol–water partition coefficient (Wildman–Crippen LogP) is 2.65. The third-order valence-electron chi connectivity index (χ3n) is 3.01. The van der Waals surface area contributed by atoms with Gasteiger partial charge in [-0.05, 0) is 24.3 Å². The second-order valence-electron chi connectivity index (χ2n) is 4.50. The lowest BCUT2D eigenvalue weighted by atomic mass is 10.2. The Bertz CT molecular complexity index is 568. The Labute approximate surface area is 118 Å². The molecule has 0 bridgehead atoms. The number of halogens is 1. The average molecular weight is 272 g/mol. The van der Waals surface area contributed by atoms with Crippen LogP contribution in [0, 0.1) is 5.82 Å². The molecule has 0 fully saturated rings. The molecular formula is C17H19FNO+. The number of hydrogen-bond acceptors (Lipinski definition) is 1. The zero-order valence-electron chi connectivity index (χ0n) is 11.4. The highest BCUT2D eigenvalue weighted by atomic mass is 19.1. The standard InChI is InChI=1S/C17H18FNO/c1-2-11-19-12-14-7-4-6-10-17(14)20-13-15-8-3-5-9-16(15)18/h2-10,19H,1,11-13H2/p+1. The molecule has 2 rings (SSSR count). The maximum absolute atomic E-state index is 13.5. The van der Waals surface area contributed by atoms with Crippen LogP contribution in [0.15, 0.2) is 61.2 Å². The Kier molecular flexibility index (Phi) is 5.33. The van der Waals surface area contributed by atoms with Gasteiger partial charge in [-0.15, -0.1) is 0 Å². The van der Waals surface area contributed by atoms with Crippen molar-refractivity contribution in [3.8, 4) is 5.75 Å². The van der Waals surface area contributed by atoms with E-state index in [1.165, 1.54) is 6.07 Å². The summed E-state index contributed by atoms with van der Waals surface area (Å²) >= 11 is 0. The van der Waals surface area contributed by atoms with Crippen LogP contribution in [0.25, 0.3) is 0 Å². The van der Waals surface area contributed by atoms with Crippen molar-refractivity contribution in [2.75, 3.05) is 6.54 Å². The van der Waals surface area contributed by atoms with Gasteiger partial charge in [0.1, 0.15) is 24.7 Å². The minimum Gasteiger partial charge on any atom is -0.488 e. The SMILES string of the molecule is C=CC[NH2+]Cc1ccccc1OCc1ccccc1F. The van der Waals surface area contributed by atoms with Crippen LogP contribution in [0.1, 0.15) is 11.1 Å². The molecule has 0 aliphatic heterocycles. The number of ether oxygens (including phenoxy) is 1. The van der Waals surface area contributed by atoms with E-state index in [0.29, 0.717) is 5.56 Å². The summed E-state index contributed by atoms with van der Waals surface area (Å²) in [4.78, 5) is 0. The molecule has 2 aromatic carbocycles. The molecule has 0 spiro atoms. The van der Waals surface area contributed by atoms with Crippen molar-refractivity contribution in [3.05, 3.63) is 78.1 Å². The molecule has 2 N–H and O–H groups in total. The third kappa shape index (κ3) is 3.93. The highest BCUT2D eigenvalue weighted by molar-refractivity contribution is 5.33. The van der Waals surface area contributed by atoms with Gasteiger partial charge in [0.05, 0.1) is 6.54 Å². The number of rotatable bonds is 7. The van der Waals surface area contributed by atoms with Gasteiger partial charge in [0.2, 0.25) is 0 Å². The van der Waals surface area contributed by atoms with Crippen molar-refractivity contribution in [2.24, 2.45) is 0 Å². The van der Waals surface area contributed by atoms with Crippen molar-refractivity contribution in [1.82, 2.24) is 0 Å². The smallest absolute Gasteiger partial charge is 0.129 e. The van der Waals surface area contributed by atoms with E-state index in [4.69, 9.17) is 4.74 Å². The highest BCUT2D eigenvalue weighted by Gasteiger charge is 2.06. The van der Waals surface area contributed by atoms with Gasteiger partial charge >= 0.3 is 0 Å². The van der Waals surface area contributed by atoms with Crippen molar-refractivity contribution < 1.29 is 14.4 Å². The molecule has 104 valence electrons. The predicted molar refractivity (Wildman–Crippen MR) is 77.9 cm³/mol. The lowest BCUT2D eigenvalue weighted by molar-refractivity contribution is -0.662. The van der Waals surface area contributed by atoms with Crippen LogP contribution in [0.5, 0.6) is 5.75 Å². The minimum atomic E-state index is -0.233. The average Bonchev–Trinajstić information content (AvgIpc) is 2.48. The van der Waals surface area contributed by atoms with Gasteiger partial charge in [0.25, 0.3) is 0 Å². The summed E-state index contributed by atoms with van der Waals surface area (Å²) in [7, 11) is 0. The van der Waals surface area contributed by atoms with Crippen molar-refractivity contribution >= 4 is 0 Å². The van der Waals surface area contributed by atoms with E-state index in [1.54, 1.807) is 12.1 Å². The van der Waals surface area contributed by atoms with Crippen LogP contribution in [0.2, 0.25) is 0 Å². The molecule has 20 heavy (non-hydrogen) atoms. The molecule has 2 nitrogen and oxygen atoms in total. The fourth-order valence-corrected chi connectivity index (χ4v) is 1.94. The van der Waals surface area contributed by atoms with E-state index in [9.17, 15) is 4.39 Å². The van der Waals surface area contributed by atoms with Crippen molar-refractivity contribution in [1.29, 1.82) is 0 Å². The largest absolute Gasteiger partial charge is 0.488 e. The molecule has 0 radical (unpaired) electrons. The van der Waals surface area contributed by atoms with Crippen LogP contribution < -0.4 is 10.1 Å². The van der Waals surface area contributed by atoms with Gasteiger partial charge in [-0.1, -0.05) is 36.9 Å². The molecule has 0 saturated heterocycles. The first-order chi connectivity index (χ1) is 9.81. The quantitative estimate of drug-likeness (QED) is 0.608. The molecule has 0 unspecified atom stereocenters. The molecule has 0 aliphatic carbocycles. The molecule has 0 aliphatic rings. The fourth-order valence-electron chi connectivity index (χ4n) is 1.94. The number of para-hydroxylation sites is 1. The van der Waals surface area contributed by atoms with Gasteiger partial charge in [-0.25, -0.2) is 4.39 Å². The van der Waals surface area contributed by atoms with E-state index in [2.05, 4.69) is 11.9 Å². The summed E-state index contributed by atoms with van der Waals surface area (Å²) in [5.74, 6) is 0.569. The van der Waals surface area contributed by atoms with Gasteiger partial charge < -0.3 is 10.1 Å². The number of benzene rings is 2. The van der Waals surface area contributed by atoms with Crippen molar-refractivity contribution in [2.45, 2.75) is 13.2 Å². The zero-order chi connectivity index (χ0) is 14.2. The van der Waals surface area contributed by atoms with E-state index in [0.717, 1.165) is 24.4 Å².